The molecule has 6 nitrogen and oxygen atoms in total. The second-order valence-electron chi connectivity index (χ2n) is 6.40. The Hall–Kier alpha value is -3.15. The summed E-state index contributed by atoms with van der Waals surface area (Å²) >= 11 is 0. The Kier molecular flexibility index (Phi) is 5.77. The maximum atomic E-state index is 12.5. The van der Waals surface area contributed by atoms with Gasteiger partial charge in [0.25, 0.3) is 5.91 Å². The van der Waals surface area contributed by atoms with Gasteiger partial charge < -0.3 is 15.7 Å². The zero-order valence-electron chi connectivity index (χ0n) is 15.0. The van der Waals surface area contributed by atoms with Crippen molar-refractivity contribution in [3.63, 3.8) is 0 Å². The summed E-state index contributed by atoms with van der Waals surface area (Å²) in [5, 5.41) is 15.0. The first-order chi connectivity index (χ1) is 12.2. The van der Waals surface area contributed by atoms with Crippen LogP contribution in [0.4, 0.5) is 5.69 Å². The number of amides is 2. The van der Waals surface area contributed by atoms with Crippen LogP contribution in [0.25, 0.3) is 0 Å². The summed E-state index contributed by atoms with van der Waals surface area (Å²) in [6, 6.07) is 13.7. The molecular weight excluding hydrogens is 332 g/mol. The third-order valence-corrected chi connectivity index (χ3v) is 4.30. The maximum absolute atomic E-state index is 12.5. The van der Waals surface area contributed by atoms with Gasteiger partial charge in [0.2, 0.25) is 5.91 Å². The summed E-state index contributed by atoms with van der Waals surface area (Å²) in [5.74, 6) is -1.65. The van der Waals surface area contributed by atoms with Crippen LogP contribution < -0.4 is 10.6 Å². The number of hydrogen-bond donors (Lipinski definition) is 3. The molecule has 0 aliphatic carbocycles. The molecule has 0 fully saturated rings. The van der Waals surface area contributed by atoms with Crippen LogP contribution in [0.2, 0.25) is 0 Å². The fourth-order valence-electron chi connectivity index (χ4n) is 2.55. The Bertz CT molecular complexity index is 833. The molecular formula is C20H22N2O4. The highest BCUT2D eigenvalue weighted by atomic mass is 16.4. The monoisotopic (exact) mass is 354 g/mol. The van der Waals surface area contributed by atoms with Crippen LogP contribution in [0.15, 0.2) is 48.5 Å². The summed E-state index contributed by atoms with van der Waals surface area (Å²) in [6.07, 6.45) is 0. The lowest BCUT2D eigenvalue weighted by Crippen LogP contribution is -2.44. The van der Waals surface area contributed by atoms with Crippen molar-refractivity contribution in [2.75, 3.05) is 11.9 Å². The number of aryl methyl sites for hydroxylation is 1. The molecule has 3 N–H and O–H groups in total. The van der Waals surface area contributed by atoms with Gasteiger partial charge in [-0.2, -0.15) is 0 Å². The van der Waals surface area contributed by atoms with E-state index in [1.54, 1.807) is 55.5 Å². The molecule has 1 atom stereocenters. The Morgan fingerprint density at radius 3 is 2.31 bits per heavy atom. The molecule has 2 amide bonds. The minimum atomic E-state index is -1.25. The molecule has 0 aromatic heterocycles. The maximum Gasteiger partial charge on any atom is 0.315 e. The van der Waals surface area contributed by atoms with Crippen LogP contribution in [0.5, 0.6) is 0 Å². The van der Waals surface area contributed by atoms with Crippen LogP contribution in [0.3, 0.4) is 0 Å². The van der Waals surface area contributed by atoms with Crippen LogP contribution in [-0.2, 0) is 15.0 Å². The third kappa shape index (κ3) is 4.27. The summed E-state index contributed by atoms with van der Waals surface area (Å²) in [6.45, 7) is 4.73. The van der Waals surface area contributed by atoms with E-state index >= 15 is 0 Å². The van der Waals surface area contributed by atoms with E-state index in [1.165, 1.54) is 6.92 Å². The van der Waals surface area contributed by atoms with Gasteiger partial charge in [0.05, 0.1) is 0 Å². The summed E-state index contributed by atoms with van der Waals surface area (Å²) in [5.41, 5.74) is 1.09. The standard InChI is InChI=1S/C20H22N2O4/c1-13-9-10-15(11-17(13)22-14(2)23)18(24)21-12-20(3,19(25)26)16-7-5-4-6-8-16/h4-11H,12H2,1-3H3,(H,21,24)(H,22,23)(H,25,26). The summed E-state index contributed by atoms with van der Waals surface area (Å²) in [4.78, 5) is 35.5. The zero-order valence-corrected chi connectivity index (χ0v) is 15.0. The normalized spacial score (nSPS) is 12.7. The molecule has 2 rings (SSSR count). The zero-order chi connectivity index (χ0) is 19.3. The quantitative estimate of drug-likeness (QED) is 0.743. The van der Waals surface area contributed by atoms with Gasteiger partial charge in [-0.05, 0) is 37.1 Å². The lowest BCUT2D eigenvalue weighted by molar-refractivity contribution is -0.143. The molecule has 0 radical (unpaired) electrons. The number of hydrogen-bond acceptors (Lipinski definition) is 3. The molecule has 0 aliphatic heterocycles. The molecule has 2 aromatic rings. The molecule has 0 saturated heterocycles. The average Bonchev–Trinajstić information content (AvgIpc) is 2.61. The van der Waals surface area contributed by atoms with Crippen molar-refractivity contribution in [2.24, 2.45) is 0 Å². The number of benzene rings is 2. The molecule has 2 aromatic carbocycles. The number of carboxylic acid groups (broad SMARTS) is 1. The second-order valence-corrected chi connectivity index (χ2v) is 6.40. The highest BCUT2D eigenvalue weighted by molar-refractivity contribution is 5.97. The minimum absolute atomic E-state index is 0.0610. The molecule has 6 heteroatoms. The molecule has 0 saturated carbocycles. The van der Waals surface area contributed by atoms with Gasteiger partial charge in [-0.1, -0.05) is 36.4 Å². The van der Waals surface area contributed by atoms with E-state index in [-0.39, 0.29) is 12.5 Å². The first-order valence-electron chi connectivity index (χ1n) is 8.19. The topological polar surface area (TPSA) is 95.5 Å². The lowest BCUT2D eigenvalue weighted by Gasteiger charge is -2.25. The van der Waals surface area contributed by atoms with E-state index in [9.17, 15) is 19.5 Å². The number of aliphatic carboxylic acids is 1. The van der Waals surface area contributed by atoms with Gasteiger partial charge in [-0.25, -0.2) is 0 Å². The van der Waals surface area contributed by atoms with Crippen LogP contribution >= 0.6 is 0 Å². The van der Waals surface area contributed by atoms with E-state index in [0.717, 1.165) is 5.56 Å². The Balaban J connectivity index is 2.19. The number of anilines is 1. The number of rotatable bonds is 6. The van der Waals surface area contributed by atoms with Crippen molar-refractivity contribution in [1.29, 1.82) is 0 Å². The minimum Gasteiger partial charge on any atom is -0.481 e. The van der Waals surface area contributed by atoms with Gasteiger partial charge in [-0.15, -0.1) is 0 Å². The highest BCUT2D eigenvalue weighted by Gasteiger charge is 2.35. The molecule has 0 spiro atoms. The summed E-state index contributed by atoms with van der Waals surface area (Å²) < 4.78 is 0. The predicted molar refractivity (Wildman–Crippen MR) is 99.2 cm³/mol. The largest absolute Gasteiger partial charge is 0.481 e. The lowest BCUT2D eigenvalue weighted by atomic mass is 9.82. The molecule has 0 aliphatic rings. The predicted octanol–water partition coefficient (Wildman–Crippen LogP) is 2.73. The molecule has 26 heavy (non-hydrogen) atoms. The first kappa shape index (κ1) is 19.2. The van der Waals surface area contributed by atoms with Gasteiger partial charge in [0.1, 0.15) is 5.41 Å². The van der Waals surface area contributed by atoms with Gasteiger partial charge in [0.15, 0.2) is 0 Å². The van der Waals surface area contributed by atoms with Crippen molar-refractivity contribution in [2.45, 2.75) is 26.2 Å². The van der Waals surface area contributed by atoms with Gasteiger partial charge in [0, 0.05) is 24.7 Å². The highest BCUT2D eigenvalue weighted by Crippen LogP contribution is 2.24. The van der Waals surface area contributed by atoms with Gasteiger partial charge >= 0.3 is 5.97 Å². The number of carbonyl (C=O) groups is 3. The average molecular weight is 354 g/mol. The molecule has 1 unspecified atom stereocenters. The second kappa shape index (κ2) is 7.82. The SMILES string of the molecule is CC(=O)Nc1cc(C(=O)NCC(C)(C(=O)O)c2ccccc2)ccc1C. The smallest absolute Gasteiger partial charge is 0.315 e. The molecule has 0 bridgehead atoms. The van der Waals surface area contributed by atoms with Crippen molar-refractivity contribution in [1.82, 2.24) is 5.32 Å². The summed E-state index contributed by atoms with van der Waals surface area (Å²) in [7, 11) is 0. The number of carbonyl (C=O) groups excluding carboxylic acids is 2. The van der Waals surface area contributed by atoms with E-state index < -0.39 is 17.3 Å². The van der Waals surface area contributed by atoms with Crippen molar-refractivity contribution < 1.29 is 19.5 Å². The number of carboxylic acids is 1. The number of nitrogens with one attached hydrogen (secondary N) is 2. The van der Waals surface area contributed by atoms with Gasteiger partial charge in [-0.3, -0.25) is 14.4 Å². The Morgan fingerprint density at radius 2 is 1.73 bits per heavy atom. The van der Waals surface area contributed by atoms with E-state index in [1.807, 2.05) is 6.92 Å². The first-order valence-corrected chi connectivity index (χ1v) is 8.19. The molecule has 136 valence electrons. The van der Waals surface area contributed by atoms with Crippen molar-refractivity contribution in [3.05, 3.63) is 65.2 Å². The molecule has 0 heterocycles. The third-order valence-electron chi connectivity index (χ3n) is 4.30. The van der Waals surface area contributed by atoms with E-state index in [2.05, 4.69) is 10.6 Å². The Morgan fingerprint density at radius 1 is 1.08 bits per heavy atom. The van der Waals surface area contributed by atoms with Crippen LogP contribution in [-0.4, -0.2) is 29.4 Å². The van der Waals surface area contributed by atoms with Crippen molar-refractivity contribution in [3.8, 4) is 0 Å². The van der Waals surface area contributed by atoms with Crippen LogP contribution in [0, 0.1) is 6.92 Å². The van der Waals surface area contributed by atoms with Crippen molar-refractivity contribution >= 4 is 23.5 Å². The fraction of sp³-hybridized carbons (Fsp3) is 0.250. The Labute approximate surface area is 152 Å². The van der Waals surface area contributed by atoms with E-state index in [4.69, 9.17) is 0 Å². The fourth-order valence-corrected chi connectivity index (χ4v) is 2.55. The van der Waals surface area contributed by atoms with E-state index in [0.29, 0.717) is 16.8 Å². The van der Waals surface area contributed by atoms with Crippen LogP contribution in [0.1, 0.15) is 35.3 Å².